The van der Waals surface area contributed by atoms with Crippen molar-refractivity contribution in [1.29, 1.82) is 0 Å². The number of para-hydroxylation sites is 1. The molecule has 2 fully saturated rings. The third kappa shape index (κ3) is 4.28. The normalized spacial score (nSPS) is 22.9. The van der Waals surface area contributed by atoms with Crippen LogP contribution >= 0.6 is 0 Å². The van der Waals surface area contributed by atoms with Crippen LogP contribution in [-0.2, 0) is 17.6 Å². The third-order valence-electron chi connectivity index (χ3n) is 7.05. The average molecular weight is 431 g/mol. The van der Waals surface area contributed by atoms with Crippen molar-refractivity contribution in [3.8, 4) is 0 Å². The zero-order valence-corrected chi connectivity index (χ0v) is 18.2. The third-order valence-corrected chi connectivity index (χ3v) is 7.05. The van der Waals surface area contributed by atoms with Crippen LogP contribution in [0.5, 0.6) is 0 Å². The van der Waals surface area contributed by atoms with E-state index in [1.165, 1.54) is 17.4 Å². The van der Waals surface area contributed by atoms with E-state index in [0.29, 0.717) is 18.0 Å². The van der Waals surface area contributed by atoms with E-state index in [-0.39, 0.29) is 23.8 Å². The SMILES string of the molecule is O=C(NCCc1c[nH]c2ccccc12)c1cccc(CC2NNC(=O)C3CCCCC23)c1. The smallest absolute Gasteiger partial charge is 0.251 e. The fourth-order valence-electron chi connectivity index (χ4n) is 5.38. The summed E-state index contributed by atoms with van der Waals surface area (Å²) in [7, 11) is 0. The monoisotopic (exact) mass is 430 g/mol. The molecule has 32 heavy (non-hydrogen) atoms. The lowest BCUT2D eigenvalue weighted by atomic mass is 9.72. The highest BCUT2D eigenvalue weighted by Gasteiger charge is 2.39. The van der Waals surface area contributed by atoms with Crippen LogP contribution in [0.25, 0.3) is 10.9 Å². The summed E-state index contributed by atoms with van der Waals surface area (Å²) >= 11 is 0. The fraction of sp³-hybridized carbons (Fsp3) is 0.385. The molecule has 4 N–H and O–H groups in total. The van der Waals surface area contributed by atoms with Gasteiger partial charge in [-0.2, -0.15) is 0 Å². The fourth-order valence-corrected chi connectivity index (χ4v) is 5.38. The predicted octanol–water partition coefficient (Wildman–Crippen LogP) is 3.49. The highest BCUT2D eigenvalue weighted by molar-refractivity contribution is 5.94. The maximum Gasteiger partial charge on any atom is 0.251 e. The van der Waals surface area contributed by atoms with Gasteiger partial charge in [-0.05, 0) is 60.9 Å². The molecule has 1 aromatic heterocycles. The van der Waals surface area contributed by atoms with E-state index >= 15 is 0 Å². The topological polar surface area (TPSA) is 86.0 Å². The number of aromatic amines is 1. The van der Waals surface area contributed by atoms with Gasteiger partial charge in [-0.3, -0.25) is 15.0 Å². The standard InChI is InChI=1S/C26H30N4O2/c31-25(27-13-12-19-16-28-23-11-4-3-8-20(19)23)18-7-5-6-17(14-18)15-24-21-9-1-2-10-22(21)26(32)30-29-24/h3-8,11,14,16,21-22,24,28-29H,1-2,9-10,12-13,15H2,(H,27,31)(H,30,32). The number of H-pyrrole nitrogens is 1. The molecule has 6 heteroatoms. The molecule has 0 bridgehead atoms. The Morgan fingerprint density at radius 1 is 1.06 bits per heavy atom. The molecule has 2 aliphatic rings. The number of amides is 2. The molecule has 1 saturated carbocycles. The van der Waals surface area contributed by atoms with Crippen molar-refractivity contribution in [1.82, 2.24) is 21.2 Å². The number of hydrazine groups is 1. The van der Waals surface area contributed by atoms with Crippen LogP contribution < -0.4 is 16.2 Å². The van der Waals surface area contributed by atoms with E-state index in [1.54, 1.807) is 0 Å². The van der Waals surface area contributed by atoms with Crippen LogP contribution in [0.3, 0.4) is 0 Å². The van der Waals surface area contributed by atoms with E-state index < -0.39 is 0 Å². The minimum Gasteiger partial charge on any atom is -0.361 e. The minimum absolute atomic E-state index is 0.0489. The van der Waals surface area contributed by atoms with Gasteiger partial charge in [0.25, 0.3) is 5.91 Å². The van der Waals surface area contributed by atoms with Crippen LogP contribution in [0.15, 0.2) is 54.7 Å². The molecule has 3 aromatic rings. The second-order valence-corrected chi connectivity index (χ2v) is 9.06. The van der Waals surface area contributed by atoms with Crippen LogP contribution in [0.2, 0.25) is 0 Å². The first kappa shape index (κ1) is 20.8. The average Bonchev–Trinajstić information content (AvgIpc) is 3.24. The number of hydrogen-bond acceptors (Lipinski definition) is 3. The summed E-state index contributed by atoms with van der Waals surface area (Å²) in [5.74, 6) is 0.568. The zero-order valence-electron chi connectivity index (χ0n) is 18.2. The number of benzene rings is 2. The molecular formula is C26H30N4O2. The first-order valence-corrected chi connectivity index (χ1v) is 11.7. The zero-order chi connectivity index (χ0) is 21.9. The van der Waals surface area contributed by atoms with Crippen molar-refractivity contribution in [2.24, 2.45) is 11.8 Å². The quantitative estimate of drug-likeness (QED) is 0.483. The molecule has 0 radical (unpaired) electrons. The van der Waals surface area contributed by atoms with Crippen molar-refractivity contribution < 1.29 is 9.59 Å². The number of rotatable bonds is 6. The van der Waals surface area contributed by atoms with E-state index in [0.717, 1.165) is 43.2 Å². The van der Waals surface area contributed by atoms with Gasteiger partial charge in [-0.1, -0.05) is 43.2 Å². The highest BCUT2D eigenvalue weighted by atomic mass is 16.2. The van der Waals surface area contributed by atoms with Crippen molar-refractivity contribution in [2.45, 2.75) is 44.6 Å². The molecule has 2 heterocycles. The van der Waals surface area contributed by atoms with Crippen molar-refractivity contribution in [2.75, 3.05) is 6.54 Å². The van der Waals surface area contributed by atoms with Gasteiger partial charge < -0.3 is 10.3 Å². The number of fused-ring (bicyclic) bond motifs is 2. The summed E-state index contributed by atoms with van der Waals surface area (Å²) in [6.45, 7) is 0.588. The number of aromatic nitrogens is 1. The molecule has 1 aliphatic heterocycles. The summed E-state index contributed by atoms with van der Waals surface area (Å²) in [6.07, 6.45) is 7.99. The predicted molar refractivity (Wildman–Crippen MR) is 125 cm³/mol. The van der Waals surface area contributed by atoms with Gasteiger partial charge in [0.1, 0.15) is 0 Å². The summed E-state index contributed by atoms with van der Waals surface area (Å²) < 4.78 is 0. The summed E-state index contributed by atoms with van der Waals surface area (Å²) in [4.78, 5) is 28.2. The molecule has 1 saturated heterocycles. The Labute approximate surface area is 188 Å². The lowest BCUT2D eigenvalue weighted by molar-refractivity contribution is -0.133. The Kier molecular flexibility index (Phi) is 5.95. The van der Waals surface area contributed by atoms with E-state index in [1.807, 2.05) is 36.5 Å². The Balaban J connectivity index is 1.20. The Morgan fingerprint density at radius 2 is 1.94 bits per heavy atom. The summed E-state index contributed by atoms with van der Waals surface area (Å²) in [6, 6.07) is 16.3. The summed E-state index contributed by atoms with van der Waals surface area (Å²) in [5.41, 5.74) is 10.2. The maximum atomic E-state index is 12.8. The first-order valence-electron chi connectivity index (χ1n) is 11.7. The van der Waals surface area contributed by atoms with Crippen LogP contribution in [0.1, 0.15) is 47.2 Å². The second kappa shape index (κ2) is 9.17. The second-order valence-electron chi connectivity index (χ2n) is 9.06. The molecule has 2 amide bonds. The molecule has 0 spiro atoms. The molecule has 6 nitrogen and oxygen atoms in total. The molecular weight excluding hydrogens is 400 g/mol. The van der Waals surface area contributed by atoms with Crippen LogP contribution in [0.4, 0.5) is 0 Å². The van der Waals surface area contributed by atoms with Crippen LogP contribution in [-0.4, -0.2) is 29.4 Å². The molecule has 5 rings (SSSR count). The molecule has 166 valence electrons. The van der Waals surface area contributed by atoms with Crippen LogP contribution in [0, 0.1) is 11.8 Å². The highest BCUT2D eigenvalue weighted by Crippen LogP contribution is 2.35. The Morgan fingerprint density at radius 3 is 2.88 bits per heavy atom. The number of hydrogen-bond donors (Lipinski definition) is 4. The largest absolute Gasteiger partial charge is 0.361 e. The van der Waals surface area contributed by atoms with E-state index in [9.17, 15) is 9.59 Å². The Hall–Kier alpha value is -3.12. The molecule has 1 aliphatic carbocycles. The van der Waals surface area contributed by atoms with Crippen molar-refractivity contribution in [3.05, 3.63) is 71.4 Å². The van der Waals surface area contributed by atoms with Crippen molar-refractivity contribution >= 4 is 22.7 Å². The lowest BCUT2D eigenvalue weighted by Gasteiger charge is -2.41. The van der Waals surface area contributed by atoms with E-state index in [2.05, 4.69) is 39.4 Å². The van der Waals surface area contributed by atoms with Gasteiger partial charge in [-0.15, -0.1) is 0 Å². The lowest BCUT2D eigenvalue weighted by Crippen LogP contribution is -2.60. The van der Waals surface area contributed by atoms with Gasteiger partial charge >= 0.3 is 0 Å². The molecule has 2 aromatic carbocycles. The number of carbonyl (C=O) groups is 2. The van der Waals surface area contributed by atoms with Gasteiger partial charge in [0.15, 0.2) is 0 Å². The molecule has 3 unspecified atom stereocenters. The molecule has 3 atom stereocenters. The first-order chi connectivity index (χ1) is 15.7. The maximum absolute atomic E-state index is 12.8. The summed E-state index contributed by atoms with van der Waals surface area (Å²) in [5, 5.41) is 4.26. The van der Waals surface area contributed by atoms with E-state index in [4.69, 9.17) is 0 Å². The van der Waals surface area contributed by atoms with Crippen molar-refractivity contribution in [3.63, 3.8) is 0 Å². The van der Waals surface area contributed by atoms with Gasteiger partial charge in [0.05, 0.1) is 0 Å². The van der Waals surface area contributed by atoms with Gasteiger partial charge in [0.2, 0.25) is 5.91 Å². The van der Waals surface area contributed by atoms with Gasteiger partial charge in [-0.25, -0.2) is 5.43 Å². The number of nitrogens with one attached hydrogen (secondary N) is 4. The van der Waals surface area contributed by atoms with Gasteiger partial charge in [0, 0.05) is 41.2 Å². The Bertz CT molecular complexity index is 1120. The number of carbonyl (C=O) groups excluding carboxylic acids is 2. The minimum atomic E-state index is -0.0489.